The molecule has 5 nitrogen and oxygen atoms in total. The van der Waals surface area contributed by atoms with Gasteiger partial charge in [-0.1, -0.05) is 23.2 Å². The Kier molecular flexibility index (Phi) is 7.59. The van der Waals surface area contributed by atoms with Gasteiger partial charge in [0.25, 0.3) is 0 Å². The summed E-state index contributed by atoms with van der Waals surface area (Å²) in [5, 5.41) is 8.32. The van der Waals surface area contributed by atoms with Crippen LogP contribution in [-0.2, 0) is 0 Å². The van der Waals surface area contributed by atoms with Crippen molar-refractivity contribution in [2.75, 3.05) is 18.6 Å². The normalized spacial score (nSPS) is 9.33. The monoisotopic (exact) mass is 271 g/mol. The maximum Gasteiger partial charge on any atom is 0.371 e. The molecule has 0 bridgehead atoms. The van der Waals surface area contributed by atoms with Crippen LogP contribution in [0.4, 0.5) is 0 Å². The van der Waals surface area contributed by atoms with Crippen LogP contribution in [0.3, 0.4) is 0 Å². The Balaban J connectivity index is 0.000000336. The second-order valence-corrected chi connectivity index (χ2v) is 4.00. The summed E-state index contributed by atoms with van der Waals surface area (Å²) in [6, 6.07) is 0. The zero-order valence-electron chi connectivity index (χ0n) is 7.96. The van der Waals surface area contributed by atoms with Crippen LogP contribution in [0.5, 0.6) is 0 Å². The summed E-state index contributed by atoms with van der Waals surface area (Å²) < 4.78 is 0. The molecule has 1 heterocycles. The van der Waals surface area contributed by atoms with Crippen molar-refractivity contribution in [2.24, 2.45) is 5.73 Å². The van der Waals surface area contributed by atoms with Crippen molar-refractivity contribution in [3.63, 3.8) is 0 Å². The third-order valence-electron chi connectivity index (χ3n) is 1.14. The minimum atomic E-state index is -1.19. The average molecular weight is 272 g/mol. The number of aromatic nitrogens is 2. The largest absolute Gasteiger partial charge is 0.475 e. The van der Waals surface area contributed by atoms with Crippen molar-refractivity contribution in [3.05, 3.63) is 16.1 Å². The van der Waals surface area contributed by atoms with Gasteiger partial charge in [-0.3, -0.25) is 0 Å². The van der Waals surface area contributed by atoms with E-state index in [1.807, 2.05) is 6.26 Å². The Labute approximate surface area is 101 Å². The number of thioether (sulfide) groups is 1. The molecule has 0 fully saturated rings. The lowest BCUT2D eigenvalue weighted by atomic mass is 10.6. The van der Waals surface area contributed by atoms with E-state index < -0.39 is 5.97 Å². The highest BCUT2D eigenvalue weighted by Crippen LogP contribution is 2.17. The lowest BCUT2D eigenvalue weighted by Gasteiger charge is -1.80. The summed E-state index contributed by atoms with van der Waals surface area (Å²) in [5.74, 6) is -0.358. The number of nitrogens with zero attached hydrogens (tertiary/aromatic N) is 1. The Bertz CT molecular complexity index is 298. The summed E-state index contributed by atoms with van der Waals surface area (Å²) >= 11 is 12.5. The number of rotatable bonds is 3. The first-order chi connectivity index (χ1) is 7.02. The first-order valence-corrected chi connectivity index (χ1v) is 6.01. The van der Waals surface area contributed by atoms with E-state index in [0.717, 1.165) is 12.3 Å². The van der Waals surface area contributed by atoms with E-state index in [2.05, 4.69) is 9.97 Å². The maximum atomic E-state index is 10.2. The van der Waals surface area contributed by atoms with Gasteiger partial charge in [0.1, 0.15) is 5.15 Å². The van der Waals surface area contributed by atoms with E-state index in [-0.39, 0.29) is 16.1 Å². The number of carboxylic acids is 1. The molecule has 0 amide bonds. The molecule has 0 aliphatic rings. The van der Waals surface area contributed by atoms with Crippen molar-refractivity contribution < 1.29 is 9.90 Å². The quantitative estimate of drug-likeness (QED) is 0.779. The van der Waals surface area contributed by atoms with Crippen LogP contribution in [0.2, 0.25) is 10.3 Å². The maximum absolute atomic E-state index is 10.2. The minimum Gasteiger partial charge on any atom is -0.475 e. The van der Waals surface area contributed by atoms with E-state index in [1.54, 1.807) is 11.8 Å². The number of nitrogens with one attached hydrogen (secondary N) is 1. The van der Waals surface area contributed by atoms with Gasteiger partial charge in [0.2, 0.25) is 5.82 Å². The molecule has 0 atom stereocenters. The number of halogens is 2. The average Bonchev–Trinajstić information content (AvgIpc) is 2.50. The lowest BCUT2D eigenvalue weighted by molar-refractivity contribution is 0.0685. The molecule has 0 aliphatic carbocycles. The molecular formula is C7H11Cl2N3O2S. The van der Waals surface area contributed by atoms with Crippen LogP contribution in [0.25, 0.3) is 0 Å². The fourth-order valence-electron chi connectivity index (χ4n) is 0.550. The minimum absolute atomic E-state index is 0.0286. The fraction of sp³-hybridized carbons (Fsp3) is 0.429. The number of nitrogens with two attached hydrogens (primary N) is 1. The standard InChI is InChI=1S/C4H2Cl2N2O2.C3H9NS/c5-1-2(6)8-3(7-1)4(9)10;1-5-3-2-4/h(H,7,8)(H,9,10);2-4H2,1H3. The predicted molar refractivity (Wildman–Crippen MR) is 63.0 cm³/mol. The number of aromatic carboxylic acids is 1. The van der Waals surface area contributed by atoms with E-state index in [1.165, 1.54) is 0 Å². The molecule has 86 valence electrons. The second kappa shape index (κ2) is 7.81. The van der Waals surface area contributed by atoms with E-state index >= 15 is 0 Å². The SMILES string of the molecule is CSCCN.O=C(O)c1nc(Cl)c(Cl)[nH]1. The Morgan fingerprint density at radius 1 is 1.67 bits per heavy atom. The summed E-state index contributed by atoms with van der Waals surface area (Å²) in [7, 11) is 0. The van der Waals surface area contributed by atoms with E-state index in [0.29, 0.717) is 0 Å². The number of carboxylic acid groups (broad SMARTS) is 1. The van der Waals surface area contributed by atoms with Gasteiger partial charge in [-0.15, -0.1) is 0 Å². The third kappa shape index (κ3) is 5.88. The topological polar surface area (TPSA) is 92.0 Å². The van der Waals surface area contributed by atoms with Crippen LogP contribution in [-0.4, -0.2) is 39.6 Å². The number of H-pyrrole nitrogens is 1. The van der Waals surface area contributed by atoms with Crippen LogP contribution in [0, 0.1) is 0 Å². The smallest absolute Gasteiger partial charge is 0.371 e. The van der Waals surface area contributed by atoms with Crippen molar-refractivity contribution in [1.82, 2.24) is 9.97 Å². The van der Waals surface area contributed by atoms with Gasteiger partial charge in [-0.05, 0) is 6.26 Å². The van der Waals surface area contributed by atoms with E-state index in [4.69, 9.17) is 34.0 Å². The number of hydrogen-bond donors (Lipinski definition) is 3. The second-order valence-electron chi connectivity index (χ2n) is 2.28. The number of aromatic amines is 1. The molecule has 15 heavy (non-hydrogen) atoms. The molecular weight excluding hydrogens is 261 g/mol. The van der Waals surface area contributed by atoms with Gasteiger partial charge in [0, 0.05) is 12.3 Å². The Hall–Kier alpha value is -0.430. The van der Waals surface area contributed by atoms with Gasteiger partial charge in [0.05, 0.1) is 0 Å². The van der Waals surface area contributed by atoms with Crippen LogP contribution < -0.4 is 5.73 Å². The molecule has 1 rings (SSSR count). The van der Waals surface area contributed by atoms with E-state index in [9.17, 15) is 4.79 Å². The predicted octanol–water partition coefficient (Wildman–Crippen LogP) is 1.72. The zero-order valence-corrected chi connectivity index (χ0v) is 10.3. The van der Waals surface area contributed by atoms with Crippen LogP contribution >= 0.6 is 35.0 Å². The summed E-state index contributed by atoms with van der Waals surface area (Å²) in [4.78, 5) is 15.8. The van der Waals surface area contributed by atoms with Gasteiger partial charge in [-0.25, -0.2) is 9.78 Å². The molecule has 4 N–H and O–H groups in total. The molecule has 0 unspecified atom stereocenters. The summed E-state index contributed by atoms with van der Waals surface area (Å²) in [6.45, 7) is 0.807. The number of hydrogen-bond acceptors (Lipinski definition) is 4. The van der Waals surface area contributed by atoms with Gasteiger partial charge in [-0.2, -0.15) is 11.8 Å². The van der Waals surface area contributed by atoms with Crippen molar-refractivity contribution in [3.8, 4) is 0 Å². The lowest BCUT2D eigenvalue weighted by Crippen LogP contribution is -1.99. The van der Waals surface area contributed by atoms with Crippen molar-refractivity contribution in [1.29, 1.82) is 0 Å². The first-order valence-electron chi connectivity index (χ1n) is 3.86. The van der Waals surface area contributed by atoms with Gasteiger partial charge < -0.3 is 15.8 Å². The highest BCUT2D eigenvalue weighted by atomic mass is 35.5. The third-order valence-corrected chi connectivity index (χ3v) is 2.43. The zero-order chi connectivity index (χ0) is 11.8. The molecule has 0 spiro atoms. The van der Waals surface area contributed by atoms with Crippen LogP contribution in [0.15, 0.2) is 0 Å². The molecule has 0 saturated heterocycles. The molecule has 8 heteroatoms. The van der Waals surface area contributed by atoms with Crippen molar-refractivity contribution in [2.45, 2.75) is 0 Å². The summed E-state index contributed by atoms with van der Waals surface area (Å²) in [5.41, 5.74) is 5.12. The molecule has 0 aliphatic heterocycles. The van der Waals surface area contributed by atoms with Crippen molar-refractivity contribution >= 4 is 40.9 Å². The summed E-state index contributed by atoms with van der Waals surface area (Å²) in [6.07, 6.45) is 2.05. The molecule has 0 radical (unpaired) electrons. The molecule has 1 aromatic rings. The first kappa shape index (κ1) is 14.6. The van der Waals surface area contributed by atoms with Gasteiger partial charge in [0.15, 0.2) is 5.15 Å². The Morgan fingerprint density at radius 2 is 2.27 bits per heavy atom. The van der Waals surface area contributed by atoms with Crippen LogP contribution in [0.1, 0.15) is 10.6 Å². The fourth-order valence-corrected chi connectivity index (χ4v) is 1.05. The highest BCUT2D eigenvalue weighted by molar-refractivity contribution is 7.98. The Morgan fingerprint density at radius 3 is 2.40 bits per heavy atom. The number of carbonyl (C=O) groups is 1. The molecule has 0 saturated carbocycles. The molecule has 1 aromatic heterocycles. The van der Waals surface area contributed by atoms with Gasteiger partial charge >= 0.3 is 5.97 Å². The molecule has 0 aromatic carbocycles. The number of imidazole rings is 1. The highest BCUT2D eigenvalue weighted by Gasteiger charge is 2.10.